The molecule has 29 heavy (non-hydrogen) atoms. The molecule has 9 nitrogen and oxygen atoms in total. The lowest BCUT2D eigenvalue weighted by atomic mass is 10.2. The van der Waals surface area contributed by atoms with E-state index in [2.05, 4.69) is 10.9 Å². The van der Waals surface area contributed by atoms with Gasteiger partial charge >= 0.3 is 5.97 Å². The van der Waals surface area contributed by atoms with Crippen LogP contribution >= 0.6 is 11.6 Å². The van der Waals surface area contributed by atoms with Crippen LogP contribution < -0.4 is 25.1 Å². The molecule has 2 amide bonds. The van der Waals surface area contributed by atoms with E-state index >= 15 is 0 Å². The van der Waals surface area contributed by atoms with E-state index in [0.717, 1.165) is 0 Å². The van der Waals surface area contributed by atoms with E-state index in [4.69, 9.17) is 30.5 Å². The summed E-state index contributed by atoms with van der Waals surface area (Å²) in [6.07, 6.45) is 0. The van der Waals surface area contributed by atoms with Crippen molar-refractivity contribution in [3.63, 3.8) is 0 Å². The summed E-state index contributed by atoms with van der Waals surface area (Å²) in [5.74, 6) is -1.40. The highest BCUT2D eigenvalue weighted by Crippen LogP contribution is 2.31. The molecule has 0 atom stereocenters. The van der Waals surface area contributed by atoms with Crippen LogP contribution in [-0.4, -0.2) is 45.7 Å². The Morgan fingerprint density at radius 1 is 0.897 bits per heavy atom. The number of ether oxygens (including phenoxy) is 4. The van der Waals surface area contributed by atoms with E-state index in [9.17, 15) is 14.4 Å². The van der Waals surface area contributed by atoms with Crippen molar-refractivity contribution in [1.82, 2.24) is 10.9 Å². The van der Waals surface area contributed by atoms with Gasteiger partial charge in [-0.3, -0.25) is 20.4 Å². The summed E-state index contributed by atoms with van der Waals surface area (Å²) in [4.78, 5) is 36.3. The van der Waals surface area contributed by atoms with Gasteiger partial charge in [0.15, 0.2) is 18.1 Å². The van der Waals surface area contributed by atoms with Crippen molar-refractivity contribution in [2.24, 2.45) is 0 Å². The van der Waals surface area contributed by atoms with Gasteiger partial charge in [0, 0.05) is 5.02 Å². The van der Waals surface area contributed by atoms with Crippen LogP contribution in [0.3, 0.4) is 0 Å². The van der Waals surface area contributed by atoms with E-state index in [0.29, 0.717) is 10.8 Å². The molecule has 10 heteroatoms. The molecular weight excluding hydrogens is 404 g/mol. The number of esters is 1. The number of amides is 2. The Kier molecular flexibility index (Phi) is 7.67. The van der Waals surface area contributed by atoms with Crippen LogP contribution in [0.5, 0.6) is 17.2 Å². The Balaban J connectivity index is 1.93. The van der Waals surface area contributed by atoms with Crippen LogP contribution in [-0.2, 0) is 9.53 Å². The SMILES string of the molecule is COc1ccc(Cl)cc1C(=O)NNC(=O)COC(=O)c1cccc(OC)c1OC. The first-order valence-electron chi connectivity index (χ1n) is 8.22. The molecule has 0 aliphatic heterocycles. The molecule has 0 bridgehead atoms. The summed E-state index contributed by atoms with van der Waals surface area (Å²) >= 11 is 5.87. The molecule has 0 fully saturated rings. The normalized spacial score (nSPS) is 9.93. The molecule has 2 N–H and O–H groups in total. The van der Waals surface area contributed by atoms with E-state index in [1.54, 1.807) is 18.2 Å². The molecule has 0 aliphatic rings. The largest absolute Gasteiger partial charge is 0.496 e. The van der Waals surface area contributed by atoms with Crippen LogP contribution in [0.15, 0.2) is 36.4 Å². The van der Waals surface area contributed by atoms with Gasteiger partial charge in [-0.15, -0.1) is 0 Å². The summed E-state index contributed by atoms with van der Waals surface area (Å²) < 4.78 is 20.3. The molecular formula is C19H19ClN2O7. The van der Waals surface area contributed by atoms with Gasteiger partial charge in [0.25, 0.3) is 11.8 Å². The van der Waals surface area contributed by atoms with Crippen molar-refractivity contribution in [1.29, 1.82) is 0 Å². The lowest BCUT2D eigenvalue weighted by molar-refractivity contribution is -0.125. The number of carbonyl (C=O) groups excluding carboxylic acids is 3. The van der Waals surface area contributed by atoms with Gasteiger partial charge in [-0.25, -0.2) is 4.79 Å². The second-order valence-electron chi connectivity index (χ2n) is 5.46. The molecule has 0 aromatic heterocycles. The average molecular weight is 423 g/mol. The predicted octanol–water partition coefficient (Wildman–Crippen LogP) is 1.98. The van der Waals surface area contributed by atoms with Crippen LogP contribution in [0, 0.1) is 0 Å². The number of methoxy groups -OCH3 is 3. The molecule has 0 heterocycles. The Hall–Kier alpha value is -3.46. The van der Waals surface area contributed by atoms with Crippen molar-refractivity contribution in [3.8, 4) is 17.2 Å². The van der Waals surface area contributed by atoms with Crippen LogP contribution in [0.2, 0.25) is 5.02 Å². The number of rotatable bonds is 7. The number of para-hydroxylation sites is 1. The van der Waals surface area contributed by atoms with E-state index in [1.165, 1.54) is 39.5 Å². The summed E-state index contributed by atoms with van der Waals surface area (Å²) in [6, 6.07) is 9.12. The highest BCUT2D eigenvalue weighted by atomic mass is 35.5. The van der Waals surface area contributed by atoms with Crippen molar-refractivity contribution in [2.75, 3.05) is 27.9 Å². The Morgan fingerprint density at radius 2 is 1.62 bits per heavy atom. The smallest absolute Gasteiger partial charge is 0.342 e. The number of carbonyl (C=O) groups is 3. The summed E-state index contributed by atoms with van der Waals surface area (Å²) in [7, 11) is 4.20. The Labute approximate surface area is 171 Å². The molecule has 0 spiro atoms. The van der Waals surface area contributed by atoms with Crippen molar-refractivity contribution in [2.45, 2.75) is 0 Å². The minimum atomic E-state index is -0.793. The maximum absolute atomic E-state index is 12.2. The highest BCUT2D eigenvalue weighted by molar-refractivity contribution is 6.31. The van der Waals surface area contributed by atoms with Crippen molar-refractivity contribution < 1.29 is 33.3 Å². The van der Waals surface area contributed by atoms with Crippen molar-refractivity contribution in [3.05, 3.63) is 52.5 Å². The topological polar surface area (TPSA) is 112 Å². The quantitative estimate of drug-likeness (QED) is 0.518. The number of benzene rings is 2. The van der Waals surface area contributed by atoms with Crippen LogP contribution in [0.25, 0.3) is 0 Å². The van der Waals surface area contributed by atoms with Gasteiger partial charge in [0.05, 0.1) is 26.9 Å². The summed E-state index contributed by atoms with van der Waals surface area (Å²) in [5.41, 5.74) is 4.54. The third-order valence-corrected chi connectivity index (χ3v) is 3.91. The number of hydrazine groups is 1. The molecule has 2 rings (SSSR count). The van der Waals surface area contributed by atoms with Gasteiger partial charge in [0.1, 0.15) is 11.3 Å². The zero-order valence-electron chi connectivity index (χ0n) is 15.9. The Morgan fingerprint density at radius 3 is 2.28 bits per heavy atom. The second kappa shape index (κ2) is 10.2. The number of nitrogens with one attached hydrogen (secondary N) is 2. The fourth-order valence-electron chi connectivity index (χ4n) is 2.34. The first-order valence-corrected chi connectivity index (χ1v) is 8.59. The molecule has 0 aliphatic carbocycles. The monoisotopic (exact) mass is 422 g/mol. The summed E-state index contributed by atoms with van der Waals surface area (Å²) in [5, 5.41) is 0.323. The summed E-state index contributed by atoms with van der Waals surface area (Å²) in [6.45, 7) is -0.633. The third-order valence-electron chi connectivity index (χ3n) is 3.68. The number of halogens is 1. The van der Waals surface area contributed by atoms with Crippen molar-refractivity contribution >= 4 is 29.4 Å². The maximum atomic E-state index is 12.2. The first-order chi connectivity index (χ1) is 13.9. The standard InChI is InChI=1S/C19H19ClN2O7/c1-26-14-8-7-11(20)9-13(14)18(24)22-21-16(23)10-29-19(25)12-5-4-6-15(27-2)17(12)28-3/h4-9H,10H2,1-3H3,(H,21,23)(H,22,24). The minimum absolute atomic E-state index is 0.0901. The number of hydrogen-bond donors (Lipinski definition) is 2. The molecule has 2 aromatic rings. The molecule has 0 saturated heterocycles. The van der Waals surface area contributed by atoms with E-state index < -0.39 is 24.4 Å². The molecule has 154 valence electrons. The molecule has 0 unspecified atom stereocenters. The van der Waals surface area contributed by atoms with Gasteiger partial charge in [-0.1, -0.05) is 17.7 Å². The van der Waals surface area contributed by atoms with Gasteiger partial charge < -0.3 is 18.9 Å². The van der Waals surface area contributed by atoms with Gasteiger partial charge in [0.2, 0.25) is 0 Å². The zero-order valence-corrected chi connectivity index (χ0v) is 16.7. The number of hydrogen-bond acceptors (Lipinski definition) is 7. The second-order valence-corrected chi connectivity index (χ2v) is 5.90. The Bertz CT molecular complexity index is 917. The van der Waals surface area contributed by atoms with Gasteiger partial charge in [-0.05, 0) is 30.3 Å². The highest BCUT2D eigenvalue weighted by Gasteiger charge is 2.19. The maximum Gasteiger partial charge on any atom is 0.342 e. The van der Waals surface area contributed by atoms with Crippen LogP contribution in [0.1, 0.15) is 20.7 Å². The van der Waals surface area contributed by atoms with Gasteiger partial charge in [-0.2, -0.15) is 0 Å². The minimum Gasteiger partial charge on any atom is -0.496 e. The molecule has 0 saturated carbocycles. The van der Waals surface area contributed by atoms with Crippen LogP contribution in [0.4, 0.5) is 0 Å². The average Bonchev–Trinajstić information content (AvgIpc) is 2.74. The van der Waals surface area contributed by atoms with E-state index in [-0.39, 0.29) is 22.6 Å². The predicted molar refractivity (Wildman–Crippen MR) is 103 cm³/mol. The fraction of sp³-hybridized carbons (Fsp3) is 0.211. The zero-order chi connectivity index (χ0) is 21.4. The fourth-order valence-corrected chi connectivity index (χ4v) is 2.52. The molecule has 2 aromatic carbocycles. The third kappa shape index (κ3) is 5.52. The lowest BCUT2D eigenvalue weighted by Gasteiger charge is -2.13. The molecule has 0 radical (unpaired) electrons. The first kappa shape index (κ1) is 21.8. The van der Waals surface area contributed by atoms with E-state index in [1.807, 2.05) is 0 Å². The lowest BCUT2D eigenvalue weighted by Crippen LogP contribution is -2.43.